The molecule has 1 unspecified atom stereocenters. The molecule has 0 heterocycles. The van der Waals surface area contributed by atoms with E-state index in [1.807, 2.05) is 0 Å². The Labute approximate surface area is 167 Å². The zero-order valence-corrected chi connectivity index (χ0v) is 18.9. The van der Waals surface area contributed by atoms with Crippen LogP contribution in [0.3, 0.4) is 0 Å². The fourth-order valence-electron chi connectivity index (χ4n) is 2.63. The summed E-state index contributed by atoms with van der Waals surface area (Å²) in [5, 5.41) is 0. The van der Waals surface area contributed by atoms with E-state index < -0.39 is 41.9 Å². The van der Waals surface area contributed by atoms with Crippen LogP contribution in [-0.4, -0.2) is 51.9 Å². The first kappa shape index (κ1) is 27.3. The smallest absolute Gasteiger partial charge is 0.429 e. The quantitative estimate of drug-likeness (QED) is 0.178. The molecule has 0 rings (SSSR count). The van der Waals surface area contributed by atoms with Gasteiger partial charge < -0.3 is 9.16 Å². The van der Waals surface area contributed by atoms with Gasteiger partial charge in [-0.25, -0.2) is 0 Å². The van der Waals surface area contributed by atoms with E-state index in [0.29, 0.717) is 19.8 Å². The standard InChI is InChI=1S/C17H33F3O6SSi/c1-16(17(18,19)20,14-27(22,23)24)26-15(21)12-10-8-6-5-7-9-11-13-28(3,4)25-2/h5-14H2,1-4H3,(H,22,23,24). The van der Waals surface area contributed by atoms with Crippen molar-refractivity contribution in [2.45, 2.75) is 89.2 Å². The number of rotatable bonds is 14. The van der Waals surface area contributed by atoms with Crippen molar-refractivity contribution >= 4 is 24.4 Å². The molecule has 0 saturated carbocycles. The number of carbonyl (C=O) groups excluding carboxylic acids is 1. The summed E-state index contributed by atoms with van der Waals surface area (Å²) in [5.74, 6) is -2.85. The van der Waals surface area contributed by atoms with Gasteiger partial charge in [0.05, 0.1) is 0 Å². The Bertz CT molecular complexity index is 580. The molecule has 11 heteroatoms. The highest BCUT2D eigenvalue weighted by molar-refractivity contribution is 7.85. The van der Waals surface area contributed by atoms with Gasteiger partial charge in [0.15, 0.2) is 8.32 Å². The van der Waals surface area contributed by atoms with Gasteiger partial charge in [-0.05, 0) is 32.5 Å². The van der Waals surface area contributed by atoms with Crippen LogP contribution < -0.4 is 0 Å². The lowest BCUT2D eigenvalue weighted by Crippen LogP contribution is -2.51. The first-order valence-electron chi connectivity index (χ1n) is 9.41. The minimum atomic E-state index is -5.11. The highest BCUT2D eigenvalue weighted by Gasteiger charge is 2.56. The van der Waals surface area contributed by atoms with E-state index in [4.69, 9.17) is 8.98 Å². The third-order valence-electron chi connectivity index (χ3n) is 4.61. The van der Waals surface area contributed by atoms with Crippen molar-refractivity contribution in [3.63, 3.8) is 0 Å². The lowest BCUT2D eigenvalue weighted by Gasteiger charge is -2.30. The predicted molar refractivity (Wildman–Crippen MR) is 103 cm³/mol. The molecule has 0 saturated heterocycles. The number of esters is 1. The van der Waals surface area contributed by atoms with E-state index in [0.717, 1.165) is 38.1 Å². The number of hydrogen-bond acceptors (Lipinski definition) is 5. The van der Waals surface area contributed by atoms with Crippen LogP contribution >= 0.6 is 0 Å². The van der Waals surface area contributed by atoms with Gasteiger partial charge in [-0.1, -0.05) is 38.5 Å². The van der Waals surface area contributed by atoms with Crippen LogP contribution in [0.2, 0.25) is 19.1 Å². The number of carbonyl (C=O) groups is 1. The van der Waals surface area contributed by atoms with Crippen LogP contribution in [0.1, 0.15) is 58.3 Å². The van der Waals surface area contributed by atoms with Crippen LogP contribution in [0.25, 0.3) is 0 Å². The number of ether oxygens (including phenoxy) is 1. The van der Waals surface area contributed by atoms with Gasteiger partial charge >= 0.3 is 12.1 Å². The van der Waals surface area contributed by atoms with E-state index in [2.05, 4.69) is 17.8 Å². The Hall–Kier alpha value is -0.653. The van der Waals surface area contributed by atoms with Crippen LogP contribution in [0.15, 0.2) is 0 Å². The Balaban J connectivity index is 4.09. The summed E-state index contributed by atoms with van der Waals surface area (Å²) in [6.45, 7) is 4.78. The Morgan fingerprint density at radius 2 is 1.46 bits per heavy atom. The number of alkyl halides is 3. The molecule has 28 heavy (non-hydrogen) atoms. The summed E-state index contributed by atoms with van der Waals surface area (Å²) < 4.78 is 79.2. The second-order valence-electron chi connectivity index (χ2n) is 7.87. The molecule has 1 atom stereocenters. The SMILES string of the molecule is CO[Si](C)(C)CCCCCCCCCC(=O)OC(C)(CS(=O)(=O)O)C(F)(F)F. The maximum atomic E-state index is 13.0. The largest absolute Gasteiger partial charge is 0.448 e. The molecule has 0 spiro atoms. The molecule has 0 aliphatic carbocycles. The monoisotopic (exact) mass is 450 g/mol. The Morgan fingerprint density at radius 3 is 1.89 bits per heavy atom. The van der Waals surface area contributed by atoms with E-state index in [9.17, 15) is 26.4 Å². The van der Waals surface area contributed by atoms with E-state index in [1.54, 1.807) is 7.11 Å². The zero-order valence-electron chi connectivity index (χ0n) is 17.1. The van der Waals surface area contributed by atoms with Crippen molar-refractivity contribution < 1.29 is 40.1 Å². The molecule has 0 aromatic carbocycles. The summed E-state index contributed by atoms with van der Waals surface area (Å²) in [4.78, 5) is 11.7. The molecule has 0 aromatic heterocycles. The highest BCUT2D eigenvalue weighted by atomic mass is 32.2. The molecular formula is C17H33F3O6SSi. The molecule has 168 valence electrons. The summed E-state index contributed by atoms with van der Waals surface area (Å²) in [6, 6.07) is 1.11. The van der Waals surface area contributed by atoms with Gasteiger partial charge in [0, 0.05) is 13.5 Å². The molecular weight excluding hydrogens is 417 g/mol. The molecule has 0 fully saturated rings. The average molecular weight is 451 g/mol. The van der Waals surface area contributed by atoms with Crippen LogP contribution in [0, 0.1) is 0 Å². The lowest BCUT2D eigenvalue weighted by molar-refractivity contribution is -0.256. The van der Waals surface area contributed by atoms with Crippen molar-refractivity contribution in [1.29, 1.82) is 0 Å². The second kappa shape index (κ2) is 11.5. The van der Waals surface area contributed by atoms with Gasteiger partial charge in [-0.3, -0.25) is 9.35 Å². The number of hydrogen-bond donors (Lipinski definition) is 1. The third kappa shape index (κ3) is 12.0. The Morgan fingerprint density at radius 1 is 1.00 bits per heavy atom. The normalized spacial score (nSPS) is 15.3. The van der Waals surface area contributed by atoms with Crippen LogP contribution in [0.4, 0.5) is 13.2 Å². The molecule has 0 aliphatic heterocycles. The summed E-state index contributed by atoms with van der Waals surface area (Å²) >= 11 is 0. The van der Waals surface area contributed by atoms with Gasteiger partial charge in [0.25, 0.3) is 10.1 Å². The topological polar surface area (TPSA) is 89.9 Å². The van der Waals surface area contributed by atoms with Crippen molar-refractivity contribution in [2.75, 3.05) is 12.9 Å². The Kier molecular flexibility index (Phi) is 11.2. The van der Waals surface area contributed by atoms with E-state index in [1.165, 1.54) is 0 Å². The average Bonchev–Trinajstić information content (AvgIpc) is 2.50. The summed E-state index contributed by atoms with van der Waals surface area (Å²) in [5.41, 5.74) is -3.27. The van der Waals surface area contributed by atoms with E-state index in [-0.39, 0.29) is 6.42 Å². The van der Waals surface area contributed by atoms with E-state index >= 15 is 0 Å². The summed E-state index contributed by atoms with van der Waals surface area (Å²) in [6.07, 6.45) is 0.802. The van der Waals surface area contributed by atoms with Gasteiger partial charge in [0.1, 0.15) is 5.75 Å². The molecule has 1 N–H and O–H groups in total. The van der Waals surface area contributed by atoms with Crippen molar-refractivity contribution in [3.8, 4) is 0 Å². The molecule has 0 amide bonds. The van der Waals surface area contributed by atoms with Crippen LogP contribution in [-0.2, 0) is 24.1 Å². The summed E-state index contributed by atoms with van der Waals surface area (Å²) in [7, 11) is -4.72. The maximum Gasteiger partial charge on any atom is 0.429 e. The maximum absolute atomic E-state index is 13.0. The lowest BCUT2D eigenvalue weighted by atomic mass is 10.1. The number of unbranched alkanes of at least 4 members (excludes halogenated alkanes) is 6. The first-order valence-corrected chi connectivity index (χ1v) is 14.1. The molecule has 0 bridgehead atoms. The third-order valence-corrected chi connectivity index (χ3v) is 8.19. The van der Waals surface area contributed by atoms with Gasteiger partial charge in [0.2, 0.25) is 5.60 Å². The van der Waals surface area contributed by atoms with Crippen LogP contribution in [0.5, 0.6) is 0 Å². The van der Waals surface area contributed by atoms with Gasteiger partial charge in [-0.15, -0.1) is 0 Å². The first-order chi connectivity index (χ1) is 12.6. The second-order valence-corrected chi connectivity index (χ2v) is 13.7. The van der Waals surface area contributed by atoms with Crippen molar-refractivity contribution in [3.05, 3.63) is 0 Å². The number of halogens is 3. The highest BCUT2D eigenvalue weighted by Crippen LogP contribution is 2.35. The minimum absolute atomic E-state index is 0.231. The predicted octanol–water partition coefficient (Wildman–Crippen LogP) is 4.71. The van der Waals surface area contributed by atoms with Gasteiger partial charge in [-0.2, -0.15) is 21.6 Å². The molecule has 0 aromatic rings. The molecule has 0 radical (unpaired) electrons. The van der Waals surface area contributed by atoms with Crippen molar-refractivity contribution in [1.82, 2.24) is 0 Å². The molecule has 6 nitrogen and oxygen atoms in total. The molecule has 0 aliphatic rings. The zero-order chi connectivity index (χ0) is 22.1. The van der Waals surface area contributed by atoms with Crippen molar-refractivity contribution in [2.24, 2.45) is 0 Å². The minimum Gasteiger partial charge on any atom is -0.448 e. The fourth-order valence-corrected chi connectivity index (χ4v) is 4.85. The fraction of sp³-hybridized carbons (Fsp3) is 0.941.